The summed E-state index contributed by atoms with van der Waals surface area (Å²) in [6, 6.07) is 4.13. The van der Waals surface area contributed by atoms with Gasteiger partial charge in [-0.1, -0.05) is 18.1 Å². The van der Waals surface area contributed by atoms with Gasteiger partial charge in [-0.25, -0.2) is 4.68 Å². The highest BCUT2D eigenvalue weighted by Crippen LogP contribution is 2.10. The number of hydrogen-bond acceptors (Lipinski definition) is 5. The lowest BCUT2D eigenvalue weighted by molar-refractivity contribution is 0.582. The number of hydrogen-bond donors (Lipinski definition) is 1. The lowest BCUT2D eigenvalue weighted by Gasteiger charge is -2.04. The third-order valence-electron chi connectivity index (χ3n) is 1.97. The number of aromatic nitrogens is 4. The molecular weight excluding hydrogens is 210 g/mol. The van der Waals surface area contributed by atoms with Crippen LogP contribution in [0.3, 0.4) is 0 Å². The molecule has 0 saturated carbocycles. The molecule has 0 bridgehead atoms. The number of nitrogens with one attached hydrogen (secondary N) is 1. The molecule has 0 spiro atoms. The number of anilines is 1. The average molecular weight is 223 g/mol. The molecule has 5 nitrogen and oxygen atoms in total. The van der Waals surface area contributed by atoms with E-state index in [0.717, 1.165) is 25.5 Å². The SMILES string of the molecule is CCCn1nnnc1NCc1cccs1. The maximum atomic E-state index is 3.93. The van der Waals surface area contributed by atoms with Gasteiger partial charge in [0.2, 0.25) is 5.95 Å². The molecule has 0 aliphatic rings. The fourth-order valence-corrected chi connectivity index (χ4v) is 1.92. The average Bonchev–Trinajstić information content (AvgIpc) is 2.85. The number of rotatable bonds is 5. The van der Waals surface area contributed by atoms with Crippen molar-refractivity contribution in [1.82, 2.24) is 20.2 Å². The van der Waals surface area contributed by atoms with Gasteiger partial charge in [0.1, 0.15) is 0 Å². The van der Waals surface area contributed by atoms with Gasteiger partial charge in [-0.15, -0.1) is 11.3 Å². The first-order chi connectivity index (χ1) is 7.40. The molecule has 0 unspecified atom stereocenters. The van der Waals surface area contributed by atoms with Crippen LogP contribution < -0.4 is 5.32 Å². The second-order valence-corrected chi connectivity index (χ2v) is 4.19. The molecule has 15 heavy (non-hydrogen) atoms. The van der Waals surface area contributed by atoms with E-state index in [1.807, 2.05) is 6.07 Å². The molecule has 2 aromatic rings. The van der Waals surface area contributed by atoms with Crippen LogP contribution in [0.4, 0.5) is 5.95 Å². The highest BCUT2D eigenvalue weighted by molar-refractivity contribution is 7.09. The first-order valence-corrected chi connectivity index (χ1v) is 5.80. The van der Waals surface area contributed by atoms with Crippen LogP contribution in [-0.4, -0.2) is 20.2 Å². The topological polar surface area (TPSA) is 55.6 Å². The van der Waals surface area contributed by atoms with Crippen LogP contribution in [0.5, 0.6) is 0 Å². The Labute approximate surface area is 92.1 Å². The molecule has 0 atom stereocenters. The quantitative estimate of drug-likeness (QED) is 0.839. The molecule has 80 valence electrons. The summed E-state index contributed by atoms with van der Waals surface area (Å²) in [5.74, 6) is 0.741. The van der Waals surface area contributed by atoms with Gasteiger partial charge in [0.25, 0.3) is 0 Å². The first-order valence-electron chi connectivity index (χ1n) is 4.92. The number of thiophene rings is 1. The smallest absolute Gasteiger partial charge is 0.243 e. The molecule has 0 aromatic carbocycles. The van der Waals surface area contributed by atoms with Crippen LogP contribution in [0.15, 0.2) is 17.5 Å². The molecule has 2 rings (SSSR count). The zero-order valence-corrected chi connectivity index (χ0v) is 9.37. The maximum Gasteiger partial charge on any atom is 0.243 e. The molecule has 0 fully saturated rings. The Morgan fingerprint density at radius 3 is 3.20 bits per heavy atom. The second kappa shape index (κ2) is 4.88. The predicted molar refractivity (Wildman–Crippen MR) is 59.8 cm³/mol. The van der Waals surface area contributed by atoms with Gasteiger partial charge in [-0.2, -0.15) is 0 Å². The van der Waals surface area contributed by atoms with Gasteiger partial charge in [0, 0.05) is 11.4 Å². The van der Waals surface area contributed by atoms with Crippen LogP contribution in [0.2, 0.25) is 0 Å². The lowest BCUT2D eigenvalue weighted by Crippen LogP contribution is -2.08. The van der Waals surface area contributed by atoms with Crippen molar-refractivity contribution >= 4 is 17.3 Å². The molecule has 2 aromatic heterocycles. The summed E-state index contributed by atoms with van der Waals surface area (Å²) in [5.41, 5.74) is 0. The van der Waals surface area contributed by atoms with Gasteiger partial charge < -0.3 is 5.32 Å². The van der Waals surface area contributed by atoms with Gasteiger partial charge in [-0.05, 0) is 28.3 Å². The molecule has 1 N–H and O–H groups in total. The molecule has 0 saturated heterocycles. The van der Waals surface area contributed by atoms with Crippen LogP contribution in [0, 0.1) is 0 Å². The Balaban J connectivity index is 1.95. The van der Waals surface area contributed by atoms with Crippen LogP contribution in [0.1, 0.15) is 18.2 Å². The van der Waals surface area contributed by atoms with Crippen molar-refractivity contribution in [2.75, 3.05) is 5.32 Å². The summed E-state index contributed by atoms with van der Waals surface area (Å²) in [6.45, 7) is 3.73. The van der Waals surface area contributed by atoms with E-state index in [1.54, 1.807) is 16.0 Å². The van der Waals surface area contributed by atoms with E-state index in [2.05, 4.69) is 39.2 Å². The van der Waals surface area contributed by atoms with Crippen molar-refractivity contribution in [3.63, 3.8) is 0 Å². The maximum absolute atomic E-state index is 3.93. The molecule has 0 radical (unpaired) electrons. The summed E-state index contributed by atoms with van der Waals surface area (Å²) >= 11 is 1.72. The van der Waals surface area contributed by atoms with Crippen molar-refractivity contribution < 1.29 is 0 Å². The van der Waals surface area contributed by atoms with Crippen LogP contribution in [0.25, 0.3) is 0 Å². The number of aryl methyl sites for hydroxylation is 1. The van der Waals surface area contributed by atoms with E-state index < -0.39 is 0 Å². The normalized spacial score (nSPS) is 10.5. The Morgan fingerprint density at radius 1 is 1.53 bits per heavy atom. The third kappa shape index (κ3) is 2.53. The molecule has 0 aliphatic carbocycles. The van der Waals surface area contributed by atoms with Crippen molar-refractivity contribution in [1.29, 1.82) is 0 Å². The highest BCUT2D eigenvalue weighted by atomic mass is 32.1. The summed E-state index contributed by atoms with van der Waals surface area (Å²) in [5, 5.41) is 16.8. The van der Waals surface area contributed by atoms with Crippen molar-refractivity contribution in [3.05, 3.63) is 22.4 Å². The Morgan fingerprint density at radius 2 is 2.47 bits per heavy atom. The summed E-state index contributed by atoms with van der Waals surface area (Å²) in [6.07, 6.45) is 1.03. The summed E-state index contributed by atoms with van der Waals surface area (Å²) in [4.78, 5) is 1.28. The highest BCUT2D eigenvalue weighted by Gasteiger charge is 2.03. The van der Waals surface area contributed by atoms with E-state index in [1.165, 1.54) is 4.88 Å². The Hall–Kier alpha value is -1.43. The minimum Gasteiger partial charge on any atom is -0.348 e. The van der Waals surface area contributed by atoms with Crippen molar-refractivity contribution in [3.8, 4) is 0 Å². The second-order valence-electron chi connectivity index (χ2n) is 3.16. The van der Waals surface area contributed by atoms with Crippen LogP contribution >= 0.6 is 11.3 Å². The van der Waals surface area contributed by atoms with E-state index in [9.17, 15) is 0 Å². The fraction of sp³-hybridized carbons (Fsp3) is 0.444. The number of tetrazole rings is 1. The molecule has 0 aliphatic heterocycles. The molecule has 2 heterocycles. The van der Waals surface area contributed by atoms with E-state index in [-0.39, 0.29) is 0 Å². The van der Waals surface area contributed by atoms with Gasteiger partial charge >= 0.3 is 0 Å². The molecular formula is C9H13N5S. The third-order valence-corrected chi connectivity index (χ3v) is 2.84. The monoisotopic (exact) mass is 223 g/mol. The standard InChI is InChI=1S/C9H13N5S/c1-2-5-14-9(11-12-13-14)10-7-8-4-3-6-15-8/h3-4,6H,2,5,7H2,1H3,(H,10,11,13). The van der Waals surface area contributed by atoms with E-state index >= 15 is 0 Å². The zero-order valence-electron chi connectivity index (χ0n) is 8.55. The summed E-state index contributed by atoms with van der Waals surface area (Å²) < 4.78 is 1.79. The number of nitrogens with zero attached hydrogens (tertiary/aromatic N) is 4. The molecule has 0 amide bonds. The van der Waals surface area contributed by atoms with Crippen molar-refractivity contribution in [2.24, 2.45) is 0 Å². The first kappa shape index (κ1) is 10.1. The van der Waals surface area contributed by atoms with Gasteiger partial charge in [0.05, 0.1) is 6.54 Å². The minimum absolute atomic E-state index is 0.741. The predicted octanol–water partition coefficient (Wildman–Crippen LogP) is 1.76. The van der Waals surface area contributed by atoms with E-state index in [4.69, 9.17) is 0 Å². The largest absolute Gasteiger partial charge is 0.348 e. The Kier molecular flexibility index (Phi) is 3.29. The lowest BCUT2D eigenvalue weighted by atomic mass is 10.4. The van der Waals surface area contributed by atoms with Gasteiger partial charge in [0.15, 0.2) is 0 Å². The van der Waals surface area contributed by atoms with Crippen molar-refractivity contribution in [2.45, 2.75) is 26.4 Å². The van der Waals surface area contributed by atoms with Crippen LogP contribution in [-0.2, 0) is 13.1 Å². The van der Waals surface area contributed by atoms with Gasteiger partial charge in [-0.3, -0.25) is 0 Å². The van der Waals surface area contributed by atoms with E-state index in [0.29, 0.717) is 0 Å². The summed E-state index contributed by atoms with van der Waals surface area (Å²) in [7, 11) is 0. The molecule has 6 heteroatoms. The minimum atomic E-state index is 0.741. The zero-order chi connectivity index (χ0) is 10.5. The Bertz CT molecular complexity index is 394. The fourth-order valence-electron chi connectivity index (χ4n) is 1.27.